The van der Waals surface area contributed by atoms with Crippen LogP contribution in [-0.2, 0) is 0 Å². The summed E-state index contributed by atoms with van der Waals surface area (Å²) in [6.45, 7) is 0. The standard InChI is InChI=1S/C23H15ClN2/c24-16-7-5-6-15(12-16)23(19-13-25-21-10-3-1-8-17(19)21)20-14-26-22-11-4-2-9-18(20)22/h1-14,25H/p+1/b23-20+. The Labute approximate surface area is 156 Å². The number of nitrogens with one attached hydrogen (secondary N) is 2. The van der Waals surface area contributed by atoms with Gasteiger partial charge >= 0.3 is 0 Å². The second kappa shape index (κ2) is 6.01. The molecule has 124 valence electrons. The summed E-state index contributed by atoms with van der Waals surface area (Å²) < 4.78 is 0. The number of para-hydroxylation sites is 2. The lowest BCUT2D eigenvalue weighted by Crippen LogP contribution is -2.58. The molecule has 1 aliphatic heterocycles. The summed E-state index contributed by atoms with van der Waals surface area (Å²) in [6.07, 6.45) is 4.17. The molecular weight excluding hydrogens is 340 g/mol. The quantitative estimate of drug-likeness (QED) is 0.527. The summed E-state index contributed by atoms with van der Waals surface area (Å²) >= 11 is 6.32. The first kappa shape index (κ1) is 15.2. The molecule has 0 amide bonds. The molecule has 0 saturated heterocycles. The van der Waals surface area contributed by atoms with Gasteiger partial charge in [0, 0.05) is 39.3 Å². The normalized spacial score (nSPS) is 14.7. The van der Waals surface area contributed by atoms with Gasteiger partial charge in [-0.05, 0) is 29.8 Å². The van der Waals surface area contributed by atoms with E-state index < -0.39 is 0 Å². The van der Waals surface area contributed by atoms with Crippen molar-refractivity contribution in [3.8, 4) is 0 Å². The smallest absolute Gasteiger partial charge is 0.211 e. The van der Waals surface area contributed by atoms with E-state index in [9.17, 15) is 0 Å². The van der Waals surface area contributed by atoms with Crippen LogP contribution in [0.2, 0.25) is 5.02 Å². The number of aromatic amines is 1. The Morgan fingerprint density at radius 3 is 2.65 bits per heavy atom. The van der Waals surface area contributed by atoms with E-state index in [0.717, 1.165) is 21.8 Å². The van der Waals surface area contributed by atoms with E-state index in [-0.39, 0.29) is 0 Å². The van der Waals surface area contributed by atoms with Crippen LogP contribution >= 0.6 is 11.6 Å². The van der Waals surface area contributed by atoms with Crippen LogP contribution in [0.25, 0.3) is 22.0 Å². The van der Waals surface area contributed by atoms with Crippen molar-refractivity contribution in [2.45, 2.75) is 0 Å². The molecule has 4 aromatic rings. The van der Waals surface area contributed by atoms with Gasteiger partial charge in [-0.2, -0.15) is 0 Å². The van der Waals surface area contributed by atoms with Crippen LogP contribution in [0.4, 0.5) is 5.69 Å². The molecule has 2 heterocycles. The molecule has 0 unspecified atom stereocenters. The minimum Gasteiger partial charge on any atom is -0.361 e. The maximum absolute atomic E-state index is 6.32. The van der Waals surface area contributed by atoms with Crippen molar-refractivity contribution in [2.75, 3.05) is 0 Å². The first-order valence-electron chi connectivity index (χ1n) is 8.57. The SMILES string of the molecule is Clc1cccc(/C(=C2/C=[NH+]c3ccccc32)c2c[nH]c3ccccc23)c1. The Balaban J connectivity index is 1.86. The van der Waals surface area contributed by atoms with Crippen molar-refractivity contribution < 1.29 is 4.99 Å². The van der Waals surface area contributed by atoms with Gasteiger partial charge in [0.1, 0.15) is 0 Å². The first-order valence-corrected chi connectivity index (χ1v) is 8.95. The van der Waals surface area contributed by atoms with Crippen molar-refractivity contribution in [1.82, 2.24) is 4.98 Å². The van der Waals surface area contributed by atoms with E-state index in [1.807, 2.05) is 30.3 Å². The largest absolute Gasteiger partial charge is 0.361 e. The van der Waals surface area contributed by atoms with Crippen molar-refractivity contribution in [3.63, 3.8) is 0 Å². The van der Waals surface area contributed by atoms with Gasteiger partial charge in [0.15, 0.2) is 6.21 Å². The van der Waals surface area contributed by atoms with Gasteiger partial charge in [0.25, 0.3) is 0 Å². The average molecular weight is 356 g/mol. The molecule has 2 nitrogen and oxygen atoms in total. The molecule has 0 radical (unpaired) electrons. The number of halogens is 1. The van der Waals surface area contributed by atoms with E-state index in [1.165, 1.54) is 27.7 Å². The number of aromatic nitrogens is 1. The highest BCUT2D eigenvalue weighted by molar-refractivity contribution is 6.31. The fraction of sp³-hybridized carbons (Fsp3) is 0. The number of benzene rings is 3. The fourth-order valence-electron chi connectivity index (χ4n) is 3.66. The van der Waals surface area contributed by atoms with E-state index in [2.05, 4.69) is 64.9 Å². The van der Waals surface area contributed by atoms with Gasteiger partial charge < -0.3 is 4.98 Å². The molecular formula is C23H16ClN2+. The molecule has 0 aliphatic carbocycles. The van der Waals surface area contributed by atoms with Gasteiger partial charge in [-0.25, -0.2) is 4.99 Å². The highest BCUT2D eigenvalue weighted by atomic mass is 35.5. The number of allylic oxidation sites excluding steroid dienone is 1. The van der Waals surface area contributed by atoms with Crippen LogP contribution in [0.5, 0.6) is 0 Å². The Morgan fingerprint density at radius 2 is 1.73 bits per heavy atom. The Hall–Kier alpha value is -3.10. The van der Waals surface area contributed by atoms with Crippen molar-refractivity contribution >= 4 is 45.6 Å². The van der Waals surface area contributed by atoms with Crippen LogP contribution in [0.1, 0.15) is 16.7 Å². The van der Waals surface area contributed by atoms with Crippen LogP contribution < -0.4 is 4.99 Å². The number of hydrogen-bond acceptors (Lipinski definition) is 0. The summed E-state index contributed by atoms with van der Waals surface area (Å²) in [4.78, 5) is 6.80. The van der Waals surface area contributed by atoms with Crippen LogP contribution in [0.15, 0.2) is 79.0 Å². The van der Waals surface area contributed by atoms with Crippen molar-refractivity contribution in [1.29, 1.82) is 0 Å². The zero-order valence-corrected chi connectivity index (χ0v) is 14.7. The third kappa shape index (κ3) is 2.39. The van der Waals surface area contributed by atoms with Gasteiger partial charge in [0.05, 0.1) is 11.1 Å². The number of hydrogen-bond donors (Lipinski definition) is 2. The predicted molar refractivity (Wildman–Crippen MR) is 109 cm³/mol. The molecule has 3 aromatic carbocycles. The van der Waals surface area contributed by atoms with Crippen LogP contribution in [0, 0.1) is 0 Å². The maximum atomic E-state index is 6.32. The summed E-state index contributed by atoms with van der Waals surface area (Å²) in [5, 5.41) is 1.94. The zero-order chi connectivity index (χ0) is 17.5. The second-order valence-corrected chi connectivity index (χ2v) is 6.82. The minimum atomic E-state index is 0.736. The molecule has 0 bridgehead atoms. The topological polar surface area (TPSA) is 29.8 Å². The molecule has 26 heavy (non-hydrogen) atoms. The van der Waals surface area contributed by atoms with E-state index >= 15 is 0 Å². The zero-order valence-electron chi connectivity index (χ0n) is 14.0. The minimum absolute atomic E-state index is 0.736. The lowest BCUT2D eigenvalue weighted by atomic mass is 9.90. The number of fused-ring (bicyclic) bond motifs is 2. The van der Waals surface area contributed by atoms with Gasteiger partial charge in [0.2, 0.25) is 5.69 Å². The molecule has 0 fully saturated rings. The third-order valence-corrected chi connectivity index (χ3v) is 5.07. The van der Waals surface area contributed by atoms with E-state index in [4.69, 9.17) is 11.6 Å². The maximum Gasteiger partial charge on any atom is 0.211 e. The highest BCUT2D eigenvalue weighted by Crippen LogP contribution is 2.37. The summed E-state index contributed by atoms with van der Waals surface area (Å²) in [6, 6.07) is 24.8. The molecule has 1 aliphatic rings. The summed E-state index contributed by atoms with van der Waals surface area (Å²) in [5.74, 6) is 0. The Bertz CT molecular complexity index is 1200. The van der Waals surface area contributed by atoms with Crippen molar-refractivity contribution in [3.05, 3.63) is 101 Å². The van der Waals surface area contributed by atoms with Gasteiger partial charge in [-0.1, -0.05) is 54.1 Å². The van der Waals surface area contributed by atoms with E-state index in [0.29, 0.717) is 0 Å². The second-order valence-electron chi connectivity index (χ2n) is 6.38. The van der Waals surface area contributed by atoms with Crippen LogP contribution in [0.3, 0.4) is 0 Å². The van der Waals surface area contributed by atoms with Gasteiger partial charge in [-0.3, -0.25) is 0 Å². The summed E-state index contributed by atoms with van der Waals surface area (Å²) in [7, 11) is 0. The fourth-order valence-corrected chi connectivity index (χ4v) is 3.85. The monoisotopic (exact) mass is 355 g/mol. The first-order chi connectivity index (χ1) is 12.8. The average Bonchev–Trinajstić information content (AvgIpc) is 3.28. The molecule has 0 spiro atoms. The third-order valence-electron chi connectivity index (χ3n) is 4.83. The lowest BCUT2D eigenvalue weighted by Gasteiger charge is -2.10. The Morgan fingerprint density at radius 1 is 0.885 bits per heavy atom. The number of rotatable bonds is 2. The number of H-pyrrole nitrogens is 1. The predicted octanol–water partition coefficient (Wildman–Crippen LogP) is 4.58. The van der Waals surface area contributed by atoms with Crippen molar-refractivity contribution in [2.24, 2.45) is 0 Å². The molecule has 3 heteroatoms. The molecule has 0 atom stereocenters. The lowest BCUT2D eigenvalue weighted by molar-refractivity contribution is -0.342. The van der Waals surface area contributed by atoms with Gasteiger partial charge in [-0.15, -0.1) is 0 Å². The summed E-state index contributed by atoms with van der Waals surface area (Å²) in [5.41, 5.74) is 8.08. The highest BCUT2D eigenvalue weighted by Gasteiger charge is 2.24. The molecule has 5 rings (SSSR count). The Kier molecular flexibility index (Phi) is 3.51. The molecule has 2 N–H and O–H groups in total. The molecule has 0 saturated carbocycles. The van der Waals surface area contributed by atoms with Crippen LogP contribution in [-0.4, -0.2) is 11.2 Å². The van der Waals surface area contributed by atoms with E-state index in [1.54, 1.807) is 0 Å². The molecule has 1 aromatic heterocycles.